The van der Waals surface area contributed by atoms with Gasteiger partial charge in [-0.2, -0.15) is 0 Å². The van der Waals surface area contributed by atoms with Crippen molar-refractivity contribution >= 4 is 39.0 Å². The zero-order valence-electron chi connectivity index (χ0n) is 11.0. The largest absolute Gasteiger partial charge is 0.354 e. The first-order chi connectivity index (χ1) is 10.1. The van der Waals surface area contributed by atoms with Gasteiger partial charge in [-0.1, -0.05) is 11.6 Å². The molecule has 0 saturated heterocycles. The van der Waals surface area contributed by atoms with E-state index in [-0.39, 0.29) is 5.02 Å². The van der Waals surface area contributed by atoms with E-state index in [0.717, 1.165) is 16.4 Å². The van der Waals surface area contributed by atoms with Gasteiger partial charge in [0.1, 0.15) is 10.4 Å². The molecule has 0 fully saturated rings. The van der Waals surface area contributed by atoms with Crippen molar-refractivity contribution in [1.29, 1.82) is 0 Å². The second kappa shape index (κ2) is 5.57. The zero-order valence-corrected chi connectivity index (χ0v) is 13.3. The lowest BCUT2D eigenvalue weighted by atomic mass is 10.2. The lowest BCUT2D eigenvalue weighted by Crippen LogP contribution is -2.19. The van der Waals surface area contributed by atoms with Crippen LogP contribution < -0.4 is 4.90 Å². The maximum Gasteiger partial charge on any atom is 0.160 e. The fourth-order valence-corrected chi connectivity index (χ4v) is 2.47. The third-order valence-corrected chi connectivity index (χ3v) is 3.98. The van der Waals surface area contributed by atoms with Crippen molar-refractivity contribution in [1.82, 2.24) is 19.6 Å². The normalized spacial score (nSPS) is 11.0. The molecule has 3 rings (SSSR count). The smallest absolute Gasteiger partial charge is 0.160 e. The Balaban J connectivity index is 1.91. The van der Waals surface area contributed by atoms with Crippen LogP contribution in [0.3, 0.4) is 0 Å². The van der Waals surface area contributed by atoms with E-state index in [2.05, 4.69) is 31.0 Å². The van der Waals surface area contributed by atoms with Gasteiger partial charge in [0.2, 0.25) is 0 Å². The topological polar surface area (TPSA) is 46.3 Å². The average Bonchev–Trinajstić information content (AvgIpc) is 2.85. The molecule has 0 N–H and O–H groups in total. The van der Waals surface area contributed by atoms with Gasteiger partial charge in [0.15, 0.2) is 11.5 Å². The second-order valence-corrected chi connectivity index (χ2v) is 5.68. The predicted molar refractivity (Wildman–Crippen MR) is 82.0 cm³/mol. The van der Waals surface area contributed by atoms with Crippen LogP contribution in [-0.4, -0.2) is 26.6 Å². The molecule has 0 unspecified atom stereocenters. The molecule has 3 aromatic rings. The monoisotopic (exact) mass is 369 g/mol. The first-order valence-corrected chi connectivity index (χ1v) is 7.22. The Labute approximate surface area is 133 Å². The standard InChI is InChI=1S/C13H10BrClFN5/c1-20(7-8-4-17-5-9(16)13(8)15)12-3-2-11-18-6-10(14)21(11)19-12/h2-6H,7H2,1H3. The maximum atomic E-state index is 13.4. The van der Waals surface area contributed by atoms with E-state index in [1.54, 1.807) is 16.9 Å². The number of imidazole rings is 1. The molecule has 108 valence electrons. The van der Waals surface area contributed by atoms with E-state index in [1.165, 1.54) is 0 Å². The highest BCUT2D eigenvalue weighted by molar-refractivity contribution is 9.10. The Morgan fingerprint density at radius 2 is 2.14 bits per heavy atom. The van der Waals surface area contributed by atoms with E-state index in [1.807, 2.05) is 24.1 Å². The van der Waals surface area contributed by atoms with Crippen LogP contribution in [0.25, 0.3) is 5.65 Å². The molecule has 5 nitrogen and oxygen atoms in total. The fourth-order valence-electron chi connectivity index (χ4n) is 1.95. The number of anilines is 1. The second-order valence-electron chi connectivity index (χ2n) is 4.49. The molecule has 0 radical (unpaired) electrons. The van der Waals surface area contributed by atoms with Crippen molar-refractivity contribution in [3.8, 4) is 0 Å². The SMILES string of the molecule is CN(Cc1cncc(F)c1Cl)c1ccc2ncc(Br)n2n1. The van der Waals surface area contributed by atoms with Gasteiger partial charge in [-0.3, -0.25) is 4.98 Å². The van der Waals surface area contributed by atoms with Crippen LogP contribution in [0.4, 0.5) is 10.2 Å². The molecule has 3 aromatic heterocycles. The minimum Gasteiger partial charge on any atom is -0.354 e. The molecule has 0 aromatic carbocycles. The van der Waals surface area contributed by atoms with Crippen LogP contribution in [0.5, 0.6) is 0 Å². The highest BCUT2D eigenvalue weighted by atomic mass is 79.9. The summed E-state index contributed by atoms with van der Waals surface area (Å²) in [5.74, 6) is 0.185. The number of rotatable bonds is 3. The lowest BCUT2D eigenvalue weighted by Gasteiger charge is -2.18. The number of nitrogens with zero attached hydrogens (tertiary/aromatic N) is 5. The highest BCUT2D eigenvalue weighted by Crippen LogP contribution is 2.22. The minimum absolute atomic E-state index is 0.0849. The number of halogens is 3. The summed E-state index contributed by atoms with van der Waals surface area (Å²) in [6, 6.07) is 3.70. The molecule has 0 saturated carbocycles. The van der Waals surface area contributed by atoms with Crippen molar-refractivity contribution in [3.63, 3.8) is 0 Å². The Morgan fingerprint density at radius 1 is 1.33 bits per heavy atom. The van der Waals surface area contributed by atoms with Crippen molar-refractivity contribution in [2.24, 2.45) is 0 Å². The van der Waals surface area contributed by atoms with Crippen LogP contribution in [0.1, 0.15) is 5.56 Å². The quantitative estimate of drug-likeness (QED) is 0.709. The molecule has 0 amide bonds. The highest BCUT2D eigenvalue weighted by Gasteiger charge is 2.11. The van der Waals surface area contributed by atoms with Gasteiger partial charge in [-0.25, -0.2) is 13.9 Å². The van der Waals surface area contributed by atoms with Crippen LogP contribution in [0.15, 0.2) is 35.3 Å². The summed E-state index contributed by atoms with van der Waals surface area (Å²) in [6.07, 6.45) is 4.33. The average molecular weight is 371 g/mol. The maximum absolute atomic E-state index is 13.4. The molecular formula is C13H10BrClFN5. The van der Waals surface area contributed by atoms with Gasteiger partial charge >= 0.3 is 0 Å². The van der Waals surface area contributed by atoms with Crippen LogP contribution in [0, 0.1) is 5.82 Å². The Kier molecular flexibility index (Phi) is 3.77. The summed E-state index contributed by atoms with van der Waals surface area (Å²) >= 11 is 9.32. The van der Waals surface area contributed by atoms with Crippen LogP contribution >= 0.6 is 27.5 Å². The summed E-state index contributed by atoms with van der Waals surface area (Å²) in [5.41, 5.74) is 1.34. The van der Waals surface area contributed by atoms with Gasteiger partial charge in [-0.15, -0.1) is 5.10 Å². The van der Waals surface area contributed by atoms with Crippen LogP contribution in [0.2, 0.25) is 5.02 Å². The fraction of sp³-hybridized carbons (Fsp3) is 0.154. The van der Waals surface area contributed by atoms with Crippen molar-refractivity contribution in [3.05, 3.63) is 51.7 Å². The third-order valence-electron chi connectivity index (χ3n) is 3.02. The molecular weight excluding hydrogens is 361 g/mol. The molecule has 0 aliphatic rings. The number of pyridine rings is 1. The number of hydrogen-bond donors (Lipinski definition) is 0. The van der Waals surface area contributed by atoms with E-state index in [0.29, 0.717) is 17.9 Å². The van der Waals surface area contributed by atoms with E-state index >= 15 is 0 Å². The van der Waals surface area contributed by atoms with Gasteiger partial charge in [0.05, 0.1) is 17.4 Å². The zero-order chi connectivity index (χ0) is 15.0. The van der Waals surface area contributed by atoms with E-state index in [9.17, 15) is 4.39 Å². The summed E-state index contributed by atoms with van der Waals surface area (Å²) in [5, 5.41) is 4.54. The van der Waals surface area contributed by atoms with E-state index < -0.39 is 5.82 Å². The number of fused-ring (bicyclic) bond motifs is 1. The third kappa shape index (κ3) is 2.71. The number of aromatic nitrogens is 4. The van der Waals surface area contributed by atoms with Crippen molar-refractivity contribution < 1.29 is 4.39 Å². The van der Waals surface area contributed by atoms with Gasteiger partial charge < -0.3 is 4.90 Å². The summed E-state index contributed by atoms with van der Waals surface area (Å²) < 4.78 is 15.8. The molecule has 3 heterocycles. The Bertz CT molecular complexity index is 806. The number of hydrogen-bond acceptors (Lipinski definition) is 4. The molecule has 0 bridgehead atoms. The lowest BCUT2D eigenvalue weighted by molar-refractivity contribution is 0.618. The molecule has 0 atom stereocenters. The van der Waals surface area contributed by atoms with Crippen molar-refractivity contribution in [2.75, 3.05) is 11.9 Å². The summed E-state index contributed by atoms with van der Waals surface area (Å²) in [4.78, 5) is 9.86. The Hall–Kier alpha value is -1.73. The molecule has 0 spiro atoms. The first-order valence-electron chi connectivity index (χ1n) is 6.05. The van der Waals surface area contributed by atoms with Gasteiger partial charge in [0.25, 0.3) is 0 Å². The van der Waals surface area contributed by atoms with E-state index in [4.69, 9.17) is 11.6 Å². The summed E-state index contributed by atoms with van der Waals surface area (Å²) in [7, 11) is 1.85. The van der Waals surface area contributed by atoms with Crippen molar-refractivity contribution in [2.45, 2.75) is 6.54 Å². The summed E-state index contributed by atoms with van der Waals surface area (Å²) in [6.45, 7) is 0.397. The predicted octanol–water partition coefficient (Wildman–Crippen LogP) is 3.32. The molecule has 0 aliphatic carbocycles. The first kappa shape index (κ1) is 14.2. The Morgan fingerprint density at radius 3 is 2.95 bits per heavy atom. The minimum atomic E-state index is -0.525. The molecule has 8 heteroatoms. The molecule has 21 heavy (non-hydrogen) atoms. The van der Waals surface area contributed by atoms with Gasteiger partial charge in [0, 0.05) is 25.4 Å². The van der Waals surface area contributed by atoms with Crippen LogP contribution in [-0.2, 0) is 6.54 Å². The van der Waals surface area contributed by atoms with Gasteiger partial charge in [-0.05, 0) is 28.1 Å². The molecule has 0 aliphatic heterocycles.